The molecule has 1 aliphatic carbocycles. The van der Waals surface area contributed by atoms with Gasteiger partial charge in [-0.3, -0.25) is 9.59 Å². The SMILES string of the molecule is CC.CC(=O)c1sc2ccccc2c1C.CC1CCCCC1.CCc1cc(-c2ccc(N(C)C(C)=O)cc2)ccc1F. The molecule has 1 heterocycles. The number of anilines is 1. The summed E-state index contributed by atoms with van der Waals surface area (Å²) in [4.78, 5) is 25.0. The topological polar surface area (TPSA) is 37.4 Å². The van der Waals surface area contributed by atoms with Crippen LogP contribution in [0.2, 0.25) is 0 Å². The lowest BCUT2D eigenvalue weighted by Gasteiger charge is -2.15. The van der Waals surface area contributed by atoms with Gasteiger partial charge in [0.2, 0.25) is 5.91 Å². The molecule has 4 aromatic rings. The van der Waals surface area contributed by atoms with Gasteiger partial charge in [0.05, 0.1) is 4.88 Å². The lowest BCUT2D eigenvalue weighted by atomic mass is 9.91. The molecule has 0 saturated heterocycles. The van der Waals surface area contributed by atoms with Crippen LogP contribution < -0.4 is 4.90 Å². The van der Waals surface area contributed by atoms with Crippen LogP contribution in [0.1, 0.15) is 94.4 Å². The fourth-order valence-corrected chi connectivity index (χ4v) is 6.01. The van der Waals surface area contributed by atoms with Gasteiger partial charge in [0.1, 0.15) is 5.82 Å². The van der Waals surface area contributed by atoms with Gasteiger partial charge in [-0.15, -0.1) is 11.3 Å². The monoisotopic (exact) mass is 589 g/mol. The highest BCUT2D eigenvalue weighted by atomic mass is 32.1. The minimum absolute atomic E-state index is 0.00667. The van der Waals surface area contributed by atoms with Gasteiger partial charge < -0.3 is 4.90 Å². The first-order valence-corrected chi connectivity index (χ1v) is 16.1. The number of thiophene rings is 1. The van der Waals surface area contributed by atoms with Gasteiger partial charge in [-0.05, 0) is 84.2 Å². The van der Waals surface area contributed by atoms with Crippen LogP contribution in [-0.4, -0.2) is 18.7 Å². The zero-order chi connectivity index (χ0) is 31.2. The van der Waals surface area contributed by atoms with Crippen LogP contribution in [-0.2, 0) is 11.2 Å². The summed E-state index contributed by atoms with van der Waals surface area (Å²) in [6.07, 6.45) is 8.11. The van der Waals surface area contributed by atoms with Crippen molar-refractivity contribution in [3.05, 3.63) is 88.6 Å². The lowest BCUT2D eigenvalue weighted by molar-refractivity contribution is -0.116. The van der Waals surface area contributed by atoms with Crippen molar-refractivity contribution in [3.8, 4) is 11.1 Å². The van der Waals surface area contributed by atoms with Crippen molar-refractivity contribution in [2.75, 3.05) is 11.9 Å². The Hall–Kier alpha value is -3.31. The minimum Gasteiger partial charge on any atom is -0.316 e. The van der Waals surface area contributed by atoms with Gasteiger partial charge >= 0.3 is 0 Å². The predicted octanol–water partition coefficient (Wildman–Crippen LogP) is 11.1. The zero-order valence-electron chi connectivity index (χ0n) is 26.7. The number of Topliss-reactive ketones (excluding diaryl/α,β-unsaturated/α-hetero) is 1. The number of nitrogens with zero attached hydrogens (tertiary/aromatic N) is 1. The predicted molar refractivity (Wildman–Crippen MR) is 180 cm³/mol. The molecular weight excluding hydrogens is 541 g/mol. The maximum absolute atomic E-state index is 13.5. The molecule has 0 atom stereocenters. The van der Waals surface area contributed by atoms with Crippen LogP contribution in [0.5, 0.6) is 0 Å². The fraction of sp³-hybridized carbons (Fsp3) is 0.405. The van der Waals surface area contributed by atoms with E-state index in [1.54, 1.807) is 36.3 Å². The summed E-state index contributed by atoms with van der Waals surface area (Å²) in [6, 6.07) is 21.0. The van der Waals surface area contributed by atoms with E-state index in [-0.39, 0.29) is 17.5 Å². The van der Waals surface area contributed by atoms with Crippen molar-refractivity contribution in [3.63, 3.8) is 0 Å². The normalized spacial score (nSPS) is 12.6. The molecule has 3 nitrogen and oxygen atoms in total. The molecule has 0 unspecified atom stereocenters. The molecule has 0 radical (unpaired) electrons. The van der Waals surface area contributed by atoms with E-state index in [1.165, 1.54) is 55.2 Å². The number of fused-ring (bicyclic) bond motifs is 1. The van der Waals surface area contributed by atoms with Crippen LogP contribution >= 0.6 is 11.3 Å². The number of aryl methyl sites for hydroxylation is 2. The minimum atomic E-state index is -0.163. The Morgan fingerprint density at radius 2 is 1.50 bits per heavy atom. The molecule has 3 aromatic carbocycles. The summed E-state index contributed by atoms with van der Waals surface area (Å²) in [5.74, 6) is 1.03. The summed E-state index contributed by atoms with van der Waals surface area (Å²) in [6.45, 7) is 13.5. The van der Waals surface area contributed by atoms with E-state index >= 15 is 0 Å². The number of amides is 1. The van der Waals surface area contributed by atoms with Crippen LogP contribution in [0.4, 0.5) is 10.1 Å². The van der Waals surface area contributed by atoms with Gasteiger partial charge in [0.15, 0.2) is 5.78 Å². The second-order valence-corrected chi connectivity index (χ2v) is 11.7. The van der Waals surface area contributed by atoms with Crippen LogP contribution in [0.15, 0.2) is 66.7 Å². The average Bonchev–Trinajstić information content (AvgIpc) is 3.36. The highest BCUT2D eigenvalue weighted by Crippen LogP contribution is 2.30. The van der Waals surface area contributed by atoms with E-state index < -0.39 is 0 Å². The van der Waals surface area contributed by atoms with Crippen LogP contribution in [0.3, 0.4) is 0 Å². The quantitative estimate of drug-likeness (QED) is 0.222. The molecule has 42 heavy (non-hydrogen) atoms. The molecule has 1 saturated carbocycles. The molecule has 1 aromatic heterocycles. The van der Waals surface area contributed by atoms with Crippen molar-refractivity contribution < 1.29 is 14.0 Å². The van der Waals surface area contributed by atoms with Crippen LogP contribution in [0.25, 0.3) is 21.2 Å². The van der Waals surface area contributed by atoms with Gasteiger partial charge in [0, 0.05) is 24.4 Å². The standard InChI is InChI=1S/C17H18FNO.C11H10OS.C7H14.C2H6/c1-4-13-11-15(7-10-17(13)18)14-5-8-16(9-6-14)19(3)12(2)20;1-7-9-5-3-4-6-10(9)13-11(7)8(2)12;1-7-5-3-2-4-6-7;1-2/h5-11H,4H2,1-3H3;3-6H,1-2H3;7H,2-6H2,1H3;1-2H3. The molecule has 5 heteroatoms. The molecule has 0 aliphatic heterocycles. The lowest BCUT2D eigenvalue weighted by Crippen LogP contribution is -2.22. The third-order valence-electron chi connectivity index (χ3n) is 7.54. The Labute approximate surface area is 256 Å². The van der Waals surface area contributed by atoms with Gasteiger partial charge in [-0.2, -0.15) is 0 Å². The number of benzene rings is 3. The number of carbonyl (C=O) groups is 2. The molecule has 226 valence electrons. The maximum Gasteiger partial charge on any atom is 0.223 e. The Kier molecular flexibility index (Phi) is 14.6. The van der Waals surface area contributed by atoms with Crippen molar-refractivity contribution >= 4 is 38.8 Å². The Balaban J connectivity index is 0.000000238. The summed E-state index contributed by atoms with van der Waals surface area (Å²) in [7, 11) is 1.74. The average molecular weight is 590 g/mol. The molecule has 0 bridgehead atoms. The number of ketones is 1. The second kappa shape index (κ2) is 17.6. The number of carbonyl (C=O) groups excluding carboxylic acids is 2. The second-order valence-electron chi connectivity index (χ2n) is 10.6. The van der Waals surface area contributed by atoms with Crippen molar-refractivity contribution in [1.82, 2.24) is 0 Å². The number of hydrogen-bond donors (Lipinski definition) is 0. The number of hydrogen-bond acceptors (Lipinski definition) is 3. The molecule has 5 rings (SSSR count). The highest BCUT2D eigenvalue weighted by Gasteiger charge is 2.11. The van der Waals surface area contributed by atoms with Crippen LogP contribution in [0, 0.1) is 18.7 Å². The maximum atomic E-state index is 13.5. The third kappa shape index (κ3) is 9.90. The molecule has 0 spiro atoms. The first-order valence-electron chi connectivity index (χ1n) is 15.2. The molecular formula is C37H48FNO2S. The van der Waals surface area contributed by atoms with Crippen molar-refractivity contribution in [2.24, 2.45) is 5.92 Å². The van der Waals surface area contributed by atoms with Crippen molar-refractivity contribution in [2.45, 2.75) is 87.0 Å². The van der Waals surface area contributed by atoms with E-state index in [9.17, 15) is 14.0 Å². The van der Waals surface area contributed by atoms with Gasteiger partial charge in [-0.1, -0.05) is 96.2 Å². The number of halogens is 1. The van der Waals surface area contributed by atoms with Gasteiger partial charge in [-0.25, -0.2) is 4.39 Å². The third-order valence-corrected chi connectivity index (χ3v) is 8.92. The summed E-state index contributed by atoms with van der Waals surface area (Å²) in [5, 5.41) is 1.21. The Morgan fingerprint density at radius 3 is 2.00 bits per heavy atom. The Bertz CT molecular complexity index is 1420. The zero-order valence-corrected chi connectivity index (χ0v) is 27.5. The number of rotatable bonds is 4. The van der Waals surface area contributed by atoms with E-state index in [2.05, 4.69) is 19.1 Å². The summed E-state index contributed by atoms with van der Waals surface area (Å²) < 4.78 is 14.7. The van der Waals surface area contributed by atoms with Gasteiger partial charge in [0.25, 0.3) is 0 Å². The summed E-state index contributed by atoms with van der Waals surface area (Å²) in [5.41, 5.74) is 4.68. The Morgan fingerprint density at radius 1 is 0.905 bits per heavy atom. The van der Waals surface area contributed by atoms with E-state index in [0.29, 0.717) is 12.0 Å². The van der Waals surface area contributed by atoms with Crippen molar-refractivity contribution in [1.29, 1.82) is 0 Å². The smallest absolute Gasteiger partial charge is 0.223 e. The molecule has 0 N–H and O–H groups in total. The van der Waals surface area contributed by atoms with E-state index in [1.807, 2.05) is 70.2 Å². The fourth-order valence-electron chi connectivity index (χ4n) is 4.90. The first kappa shape index (κ1) is 34.9. The highest BCUT2D eigenvalue weighted by molar-refractivity contribution is 7.21. The first-order chi connectivity index (χ1) is 20.1. The molecule has 1 fully saturated rings. The molecule has 1 aliphatic rings. The molecule has 1 amide bonds. The summed E-state index contributed by atoms with van der Waals surface area (Å²) >= 11 is 1.58. The van der Waals surface area contributed by atoms with E-state index in [4.69, 9.17) is 0 Å². The largest absolute Gasteiger partial charge is 0.316 e. The van der Waals surface area contributed by atoms with E-state index in [0.717, 1.165) is 33.2 Å².